The van der Waals surface area contributed by atoms with E-state index < -0.39 is 17.3 Å². The van der Waals surface area contributed by atoms with E-state index in [-0.39, 0.29) is 31.5 Å². The lowest BCUT2D eigenvalue weighted by molar-refractivity contribution is 0.312. The molecule has 4 aromatic rings. The molecule has 7 nitrogen and oxygen atoms in total. The Bertz CT molecular complexity index is 1400. The molecule has 3 heterocycles. The van der Waals surface area contributed by atoms with Crippen LogP contribution in [-0.2, 0) is 0 Å². The minimum Gasteiger partial charge on any atom is -0.375 e. The molecule has 0 bridgehead atoms. The summed E-state index contributed by atoms with van der Waals surface area (Å²) < 4.78 is 30.2. The number of halogens is 3. The minimum absolute atomic E-state index is 0.00555. The number of aromatic amines is 1. The number of hydrogen-bond acceptors (Lipinski definition) is 7. The fourth-order valence-electron chi connectivity index (χ4n) is 3.91. The second kappa shape index (κ2) is 7.40. The van der Waals surface area contributed by atoms with Crippen LogP contribution < -0.4 is 16.3 Å². The first-order valence-electron chi connectivity index (χ1n) is 9.54. The highest BCUT2D eigenvalue weighted by molar-refractivity contribution is 7.22. The zero-order valence-electron chi connectivity index (χ0n) is 16.4. The Kier molecular flexibility index (Phi) is 4.80. The van der Waals surface area contributed by atoms with Gasteiger partial charge in [-0.2, -0.15) is 4.98 Å². The van der Waals surface area contributed by atoms with Crippen molar-refractivity contribution in [3.63, 3.8) is 0 Å². The number of nitrogen functional groups attached to an aromatic ring is 1. The van der Waals surface area contributed by atoms with Gasteiger partial charge in [0.25, 0.3) is 0 Å². The molecule has 1 fully saturated rings. The van der Waals surface area contributed by atoms with Crippen molar-refractivity contribution in [3.8, 4) is 11.1 Å². The van der Waals surface area contributed by atoms with Crippen LogP contribution in [0.3, 0.4) is 0 Å². The maximum absolute atomic E-state index is 15.8. The van der Waals surface area contributed by atoms with Gasteiger partial charge in [0.2, 0.25) is 0 Å². The summed E-state index contributed by atoms with van der Waals surface area (Å²) in [5, 5.41) is 0.675. The maximum atomic E-state index is 15.8. The lowest BCUT2D eigenvalue weighted by Gasteiger charge is -2.33. The topological polar surface area (TPSA) is 91.1 Å². The molecule has 11 heteroatoms. The van der Waals surface area contributed by atoms with Crippen LogP contribution >= 0.6 is 22.9 Å². The van der Waals surface area contributed by atoms with E-state index in [9.17, 15) is 9.18 Å². The third-order valence-electron chi connectivity index (χ3n) is 5.48. The number of fused-ring (bicyclic) bond motifs is 2. The Labute approximate surface area is 184 Å². The van der Waals surface area contributed by atoms with Crippen molar-refractivity contribution < 1.29 is 8.78 Å². The Morgan fingerprint density at radius 3 is 2.68 bits per heavy atom. The molecule has 1 saturated heterocycles. The van der Waals surface area contributed by atoms with Crippen molar-refractivity contribution in [3.05, 3.63) is 45.3 Å². The fourth-order valence-corrected chi connectivity index (χ4v) is 4.97. The summed E-state index contributed by atoms with van der Waals surface area (Å²) in [4.78, 5) is 27.1. The SMILES string of the molecule is CN1CCN(c2nc(=O)[nH]c3c(F)c(-c4ccc(F)c5sc(N)nc45)c(Cl)cc23)CC1. The molecule has 0 amide bonds. The van der Waals surface area contributed by atoms with Gasteiger partial charge in [-0.1, -0.05) is 22.9 Å². The van der Waals surface area contributed by atoms with Crippen LogP contribution in [0, 0.1) is 11.6 Å². The maximum Gasteiger partial charge on any atom is 0.347 e. The van der Waals surface area contributed by atoms with Gasteiger partial charge in [-0.15, -0.1) is 0 Å². The molecule has 0 saturated carbocycles. The number of nitrogens with one attached hydrogen (secondary N) is 1. The van der Waals surface area contributed by atoms with Gasteiger partial charge in [0.15, 0.2) is 10.9 Å². The molecule has 0 aliphatic carbocycles. The number of thiazole rings is 1. The highest BCUT2D eigenvalue weighted by Gasteiger charge is 2.24. The number of benzene rings is 2. The summed E-state index contributed by atoms with van der Waals surface area (Å²) in [6.45, 7) is 2.89. The summed E-state index contributed by atoms with van der Waals surface area (Å²) >= 11 is 7.50. The van der Waals surface area contributed by atoms with Gasteiger partial charge in [0.05, 0.1) is 20.8 Å². The number of hydrogen-bond donors (Lipinski definition) is 2. The van der Waals surface area contributed by atoms with Crippen molar-refractivity contribution in [1.82, 2.24) is 19.9 Å². The van der Waals surface area contributed by atoms with Gasteiger partial charge in [0, 0.05) is 42.7 Å². The number of anilines is 2. The van der Waals surface area contributed by atoms with E-state index >= 15 is 4.39 Å². The van der Waals surface area contributed by atoms with Gasteiger partial charge in [-0.05, 0) is 25.2 Å². The van der Waals surface area contributed by atoms with E-state index in [0.717, 1.165) is 24.4 Å². The zero-order chi connectivity index (χ0) is 21.9. The Morgan fingerprint density at radius 1 is 1.19 bits per heavy atom. The van der Waals surface area contributed by atoms with Crippen LogP contribution in [0.15, 0.2) is 23.0 Å². The van der Waals surface area contributed by atoms with Gasteiger partial charge < -0.3 is 20.5 Å². The Balaban J connectivity index is 1.76. The lowest BCUT2D eigenvalue weighted by atomic mass is 10.0. The summed E-state index contributed by atoms with van der Waals surface area (Å²) in [7, 11) is 2.01. The van der Waals surface area contributed by atoms with Crippen LogP contribution in [0.4, 0.5) is 19.7 Å². The number of rotatable bonds is 2. The van der Waals surface area contributed by atoms with Crippen molar-refractivity contribution in [2.45, 2.75) is 0 Å². The van der Waals surface area contributed by atoms with E-state index in [4.69, 9.17) is 17.3 Å². The van der Waals surface area contributed by atoms with Crippen LogP contribution in [-0.4, -0.2) is 53.1 Å². The first-order valence-corrected chi connectivity index (χ1v) is 10.7. The van der Waals surface area contributed by atoms with Crippen LogP contribution in [0.25, 0.3) is 32.2 Å². The summed E-state index contributed by atoms with van der Waals surface area (Å²) in [6, 6.07) is 4.21. The Morgan fingerprint density at radius 2 is 1.94 bits per heavy atom. The van der Waals surface area contributed by atoms with Crippen molar-refractivity contribution in [2.24, 2.45) is 0 Å². The van der Waals surface area contributed by atoms with Gasteiger partial charge >= 0.3 is 5.69 Å². The molecule has 160 valence electrons. The first kappa shape index (κ1) is 20.1. The molecule has 2 aromatic heterocycles. The van der Waals surface area contributed by atoms with Gasteiger partial charge in [0.1, 0.15) is 11.6 Å². The molecule has 5 rings (SSSR count). The van der Waals surface area contributed by atoms with E-state index in [0.29, 0.717) is 29.9 Å². The third kappa shape index (κ3) is 3.31. The average molecular weight is 463 g/mol. The molecular formula is C20H17ClF2N6OS. The molecule has 1 aliphatic rings. The number of nitrogens with two attached hydrogens (primary N) is 1. The number of nitrogens with zero attached hydrogens (tertiary/aromatic N) is 4. The van der Waals surface area contributed by atoms with Crippen molar-refractivity contribution >= 4 is 55.0 Å². The summed E-state index contributed by atoms with van der Waals surface area (Å²) in [6.07, 6.45) is 0. The molecule has 1 aliphatic heterocycles. The third-order valence-corrected chi connectivity index (χ3v) is 6.67. The molecule has 0 radical (unpaired) electrons. The standard InChI is InChI=1S/C20H17ClF2N6OS/c1-28-4-6-29(7-5-28)18-10-8-11(21)13(14(23)15(10)26-20(30)27-18)9-2-3-12(22)17-16(9)25-19(24)31-17/h2-3,8H,4-7H2,1H3,(H2,24,25)(H,26,27,30). The highest BCUT2D eigenvalue weighted by atomic mass is 35.5. The predicted octanol–water partition coefficient (Wildman–Crippen LogP) is 3.47. The van der Waals surface area contributed by atoms with Crippen LogP contribution in [0.5, 0.6) is 0 Å². The summed E-state index contributed by atoms with van der Waals surface area (Å²) in [5.74, 6) is -0.835. The molecule has 2 aromatic carbocycles. The number of H-pyrrole nitrogens is 1. The normalized spacial score (nSPS) is 15.3. The lowest BCUT2D eigenvalue weighted by Crippen LogP contribution is -2.45. The second-order valence-electron chi connectivity index (χ2n) is 7.45. The molecule has 3 N–H and O–H groups in total. The first-order chi connectivity index (χ1) is 14.8. The summed E-state index contributed by atoms with van der Waals surface area (Å²) in [5.41, 5.74) is 5.64. The second-order valence-corrected chi connectivity index (χ2v) is 8.89. The average Bonchev–Trinajstić information content (AvgIpc) is 3.13. The quantitative estimate of drug-likeness (QED) is 0.474. The van der Waals surface area contributed by atoms with E-state index in [1.54, 1.807) is 6.07 Å². The van der Waals surface area contributed by atoms with Crippen LogP contribution in [0.2, 0.25) is 5.02 Å². The van der Waals surface area contributed by atoms with Gasteiger partial charge in [-0.3, -0.25) is 0 Å². The van der Waals surface area contributed by atoms with Crippen LogP contribution in [0.1, 0.15) is 0 Å². The van der Waals surface area contributed by atoms with Gasteiger partial charge in [-0.25, -0.2) is 18.6 Å². The number of likely N-dealkylation sites (N-methyl/N-ethyl adjacent to an activating group) is 1. The van der Waals surface area contributed by atoms with E-state index in [1.807, 2.05) is 11.9 Å². The highest BCUT2D eigenvalue weighted by Crippen LogP contribution is 2.41. The monoisotopic (exact) mass is 462 g/mol. The number of piperazine rings is 1. The molecule has 0 spiro atoms. The molecule has 0 unspecified atom stereocenters. The van der Waals surface area contributed by atoms with Crippen molar-refractivity contribution in [2.75, 3.05) is 43.9 Å². The largest absolute Gasteiger partial charge is 0.375 e. The fraction of sp³-hybridized carbons (Fsp3) is 0.250. The van der Waals surface area contributed by atoms with Crippen molar-refractivity contribution in [1.29, 1.82) is 0 Å². The number of aromatic nitrogens is 3. The zero-order valence-corrected chi connectivity index (χ0v) is 17.9. The molecule has 31 heavy (non-hydrogen) atoms. The molecule has 0 atom stereocenters. The molecular weight excluding hydrogens is 446 g/mol. The predicted molar refractivity (Wildman–Crippen MR) is 120 cm³/mol. The van der Waals surface area contributed by atoms with E-state index in [1.165, 1.54) is 12.1 Å². The Hall–Kier alpha value is -2.82. The van der Waals surface area contributed by atoms with E-state index in [2.05, 4.69) is 19.9 Å². The smallest absolute Gasteiger partial charge is 0.347 e. The minimum atomic E-state index is -0.725.